The number of nitrogens with one attached hydrogen (secondary N) is 2. The molecular weight excluding hydrogens is 344 g/mol. The quantitative estimate of drug-likeness (QED) is 0.577. The highest BCUT2D eigenvalue weighted by Crippen LogP contribution is 2.14. The van der Waals surface area contributed by atoms with E-state index in [0.717, 1.165) is 24.1 Å². The first kappa shape index (κ1) is 20.7. The molecule has 0 atom stereocenters. The normalized spacial score (nSPS) is 11.4. The number of carbonyl (C=O) groups excluding carboxylic acids is 2. The summed E-state index contributed by atoms with van der Waals surface area (Å²) in [6, 6.07) is 5.77. The zero-order chi connectivity index (χ0) is 20.0. The highest BCUT2D eigenvalue weighted by molar-refractivity contribution is 5.97. The molecule has 0 fully saturated rings. The summed E-state index contributed by atoms with van der Waals surface area (Å²) in [6.07, 6.45) is 2.27. The number of imidazole rings is 1. The first-order chi connectivity index (χ1) is 12.7. The lowest BCUT2D eigenvalue weighted by Gasteiger charge is -2.19. The van der Waals surface area contributed by atoms with Gasteiger partial charge in [-0.25, -0.2) is 13.9 Å². The number of alkyl carbamates (subject to hydrolysis) is 1. The largest absolute Gasteiger partial charge is 0.444 e. The monoisotopic (exact) mass is 375 g/mol. The molecule has 1 aromatic carbocycles. The van der Waals surface area contributed by atoms with E-state index in [2.05, 4.69) is 39.9 Å². The van der Waals surface area contributed by atoms with Gasteiger partial charge in [0.1, 0.15) is 5.60 Å². The molecule has 2 N–H and O–H groups in total. The molecule has 0 saturated heterocycles. The summed E-state index contributed by atoms with van der Waals surface area (Å²) in [4.78, 5) is 24.0. The second kappa shape index (κ2) is 8.88. The Morgan fingerprint density at radius 3 is 2.48 bits per heavy atom. The molecule has 2 amide bonds. The van der Waals surface area contributed by atoms with Gasteiger partial charge in [0, 0.05) is 24.7 Å². The van der Waals surface area contributed by atoms with E-state index in [1.807, 2.05) is 39.0 Å². The average Bonchev–Trinajstić information content (AvgIpc) is 2.96. The van der Waals surface area contributed by atoms with Gasteiger partial charge in [0.25, 0.3) is 5.91 Å². The van der Waals surface area contributed by atoms with Crippen LogP contribution in [-0.4, -0.2) is 35.3 Å². The van der Waals surface area contributed by atoms with Crippen LogP contribution >= 0.6 is 0 Å². The van der Waals surface area contributed by atoms with E-state index in [-0.39, 0.29) is 5.91 Å². The third kappa shape index (κ3) is 5.70. The molecular formula is C20H31N4O3+. The maximum Gasteiger partial charge on any atom is 0.407 e. The number of aryl methyl sites for hydroxylation is 2. The summed E-state index contributed by atoms with van der Waals surface area (Å²) in [6.45, 7) is 12.3. The summed E-state index contributed by atoms with van der Waals surface area (Å²) < 4.78 is 9.48. The summed E-state index contributed by atoms with van der Waals surface area (Å²) >= 11 is 0. The molecule has 1 aromatic heterocycles. The molecule has 0 radical (unpaired) electrons. The van der Waals surface area contributed by atoms with Crippen LogP contribution < -0.4 is 15.2 Å². The molecule has 2 aromatic rings. The minimum absolute atomic E-state index is 0.110. The van der Waals surface area contributed by atoms with Crippen LogP contribution in [0.3, 0.4) is 0 Å². The Bertz CT molecular complexity index is 805. The first-order valence-corrected chi connectivity index (χ1v) is 9.52. The van der Waals surface area contributed by atoms with Gasteiger partial charge >= 0.3 is 6.09 Å². The molecule has 0 saturated carbocycles. The number of ether oxygens (including phenoxy) is 1. The number of fused-ring (bicyclic) bond motifs is 1. The molecule has 7 heteroatoms. The van der Waals surface area contributed by atoms with Gasteiger partial charge in [-0.15, -0.1) is 0 Å². The molecule has 7 nitrogen and oxygen atoms in total. The van der Waals surface area contributed by atoms with Crippen molar-refractivity contribution in [1.82, 2.24) is 15.2 Å². The van der Waals surface area contributed by atoms with E-state index in [1.54, 1.807) is 0 Å². The van der Waals surface area contributed by atoms with Gasteiger partial charge in [-0.1, -0.05) is 0 Å². The lowest BCUT2D eigenvalue weighted by atomic mass is 10.2. The number of rotatable bonds is 7. The molecule has 0 bridgehead atoms. The third-order valence-electron chi connectivity index (χ3n) is 4.12. The summed E-state index contributed by atoms with van der Waals surface area (Å²) in [5.74, 6) is -0.110. The van der Waals surface area contributed by atoms with Crippen molar-refractivity contribution in [2.75, 3.05) is 13.1 Å². The van der Waals surface area contributed by atoms with Crippen molar-refractivity contribution in [2.45, 2.75) is 59.7 Å². The predicted molar refractivity (Wildman–Crippen MR) is 105 cm³/mol. The number of aromatic nitrogens is 2. The molecule has 148 valence electrons. The van der Waals surface area contributed by atoms with Gasteiger partial charge in [-0.3, -0.25) is 4.79 Å². The lowest BCUT2D eigenvalue weighted by molar-refractivity contribution is -0.668. The predicted octanol–water partition coefficient (Wildman–Crippen LogP) is 2.61. The fraction of sp³-hybridized carbons (Fsp3) is 0.550. The second-order valence-corrected chi connectivity index (χ2v) is 7.43. The topological polar surface area (TPSA) is 76.2 Å². The third-order valence-corrected chi connectivity index (χ3v) is 4.12. The minimum Gasteiger partial charge on any atom is -0.444 e. The molecule has 27 heavy (non-hydrogen) atoms. The summed E-state index contributed by atoms with van der Waals surface area (Å²) in [5, 5.41) is 5.58. The standard InChI is InChI=1S/C20H30N4O3/c1-6-23-14-24(7-2)17-13-15(9-10-16(17)23)18(25)21-11-8-12-22-19(26)27-20(3,4)5/h9-10,13-14H,6-8,11-12H2,1-5H3,(H-,21,22,25,26)/p+1. The van der Waals surface area contributed by atoms with Gasteiger partial charge in [0.05, 0.1) is 13.1 Å². The van der Waals surface area contributed by atoms with Gasteiger partial charge in [-0.05, 0) is 53.2 Å². The molecule has 0 aliphatic heterocycles. The Morgan fingerprint density at radius 2 is 1.85 bits per heavy atom. The Labute approximate surface area is 160 Å². The van der Waals surface area contributed by atoms with Crippen molar-refractivity contribution in [3.8, 4) is 0 Å². The maximum absolute atomic E-state index is 12.4. The molecule has 0 aliphatic carbocycles. The average molecular weight is 375 g/mol. The molecule has 0 aliphatic rings. The molecule has 0 spiro atoms. The van der Waals surface area contributed by atoms with Crippen molar-refractivity contribution in [3.05, 3.63) is 30.1 Å². The van der Waals surface area contributed by atoms with Crippen LogP contribution in [0.4, 0.5) is 4.79 Å². The summed E-state index contributed by atoms with van der Waals surface area (Å²) in [5.41, 5.74) is 2.30. The lowest BCUT2D eigenvalue weighted by Crippen LogP contribution is -2.34. The Balaban J connectivity index is 1.86. The van der Waals surface area contributed by atoms with Crippen LogP contribution in [0.1, 0.15) is 51.4 Å². The number of hydrogen-bond donors (Lipinski definition) is 2. The van der Waals surface area contributed by atoms with Crippen LogP contribution in [0.15, 0.2) is 24.5 Å². The maximum atomic E-state index is 12.4. The minimum atomic E-state index is -0.511. The van der Waals surface area contributed by atoms with E-state index >= 15 is 0 Å². The smallest absolute Gasteiger partial charge is 0.407 e. The number of amides is 2. The zero-order valence-electron chi connectivity index (χ0n) is 17.0. The van der Waals surface area contributed by atoms with Crippen LogP contribution in [-0.2, 0) is 17.8 Å². The van der Waals surface area contributed by atoms with Crippen LogP contribution in [0, 0.1) is 0 Å². The van der Waals surface area contributed by atoms with Gasteiger partial charge in [0.2, 0.25) is 6.33 Å². The van der Waals surface area contributed by atoms with Gasteiger partial charge in [-0.2, -0.15) is 0 Å². The molecule has 2 rings (SSSR count). The van der Waals surface area contributed by atoms with Crippen molar-refractivity contribution in [1.29, 1.82) is 0 Å². The van der Waals surface area contributed by atoms with Gasteiger partial charge in [0.15, 0.2) is 11.0 Å². The first-order valence-electron chi connectivity index (χ1n) is 9.52. The number of nitrogens with zero attached hydrogens (tertiary/aromatic N) is 2. The van der Waals surface area contributed by atoms with Crippen LogP contribution in [0.5, 0.6) is 0 Å². The Morgan fingerprint density at radius 1 is 1.15 bits per heavy atom. The van der Waals surface area contributed by atoms with Crippen LogP contribution in [0.25, 0.3) is 11.0 Å². The highest BCUT2D eigenvalue weighted by Gasteiger charge is 2.17. The molecule has 1 heterocycles. The van der Waals surface area contributed by atoms with Crippen molar-refractivity contribution >= 4 is 23.0 Å². The zero-order valence-corrected chi connectivity index (χ0v) is 17.0. The van der Waals surface area contributed by atoms with Crippen LogP contribution in [0.2, 0.25) is 0 Å². The number of hydrogen-bond acceptors (Lipinski definition) is 3. The number of carbonyl (C=O) groups is 2. The summed E-state index contributed by atoms with van der Waals surface area (Å²) in [7, 11) is 0. The van der Waals surface area contributed by atoms with Crippen molar-refractivity contribution in [3.63, 3.8) is 0 Å². The SMILES string of the molecule is CCn1c[n+](CC)c2ccc(C(=O)NCCCNC(=O)OC(C)(C)C)cc21. The number of benzene rings is 1. The van der Waals surface area contributed by atoms with E-state index < -0.39 is 11.7 Å². The van der Waals surface area contributed by atoms with Crippen molar-refractivity contribution in [2.24, 2.45) is 0 Å². The molecule has 0 unspecified atom stereocenters. The second-order valence-electron chi connectivity index (χ2n) is 7.43. The van der Waals surface area contributed by atoms with E-state index in [9.17, 15) is 9.59 Å². The highest BCUT2D eigenvalue weighted by atomic mass is 16.6. The van der Waals surface area contributed by atoms with E-state index in [0.29, 0.717) is 25.1 Å². The Kier molecular flexibility index (Phi) is 6.82. The fourth-order valence-electron chi connectivity index (χ4n) is 2.83. The van der Waals surface area contributed by atoms with Gasteiger partial charge < -0.3 is 15.4 Å². The fourth-order valence-corrected chi connectivity index (χ4v) is 2.83. The van der Waals surface area contributed by atoms with Crippen molar-refractivity contribution < 1.29 is 18.9 Å². The van der Waals surface area contributed by atoms with E-state index in [1.165, 1.54) is 0 Å². The van der Waals surface area contributed by atoms with E-state index in [4.69, 9.17) is 4.74 Å². The Hall–Kier alpha value is -2.57.